The zero-order chi connectivity index (χ0) is 24.4. The Kier molecular flexibility index (Phi) is 6.89. The Morgan fingerprint density at radius 1 is 0.909 bits per heavy atom. The van der Waals surface area contributed by atoms with Crippen LogP contribution in [0.2, 0.25) is 0 Å². The molecule has 0 bridgehead atoms. The van der Waals surface area contributed by atoms with Crippen molar-refractivity contribution in [2.75, 3.05) is 13.2 Å². The highest BCUT2D eigenvalue weighted by molar-refractivity contribution is 5.79. The summed E-state index contributed by atoms with van der Waals surface area (Å²) < 4.78 is 83.0. The molecule has 0 radical (unpaired) electrons. The SMILES string of the molecule is O=C(NCC(CC(C(=O)O)C(F)(F)F)C(F)(F)F)OCC1c2ccccc2-c2ccccc21. The van der Waals surface area contributed by atoms with Gasteiger partial charge in [-0.15, -0.1) is 0 Å². The van der Waals surface area contributed by atoms with Crippen molar-refractivity contribution >= 4 is 12.1 Å². The molecule has 178 valence electrons. The third-order valence-corrected chi connectivity index (χ3v) is 5.51. The van der Waals surface area contributed by atoms with Gasteiger partial charge in [0.15, 0.2) is 5.92 Å². The highest BCUT2D eigenvalue weighted by Gasteiger charge is 2.51. The highest BCUT2D eigenvalue weighted by atomic mass is 19.4. The summed E-state index contributed by atoms with van der Waals surface area (Å²) in [4.78, 5) is 22.8. The number of nitrogens with one attached hydrogen (secondary N) is 1. The first kappa shape index (κ1) is 24.4. The lowest BCUT2D eigenvalue weighted by Crippen LogP contribution is -2.42. The summed E-state index contributed by atoms with van der Waals surface area (Å²) in [6.07, 6.45) is -13.5. The number of ether oxygens (including phenoxy) is 1. The van der Waals surface area contributed by atoms with E-state index in [1.54, 1.807) is 12.1 Å². The molecule has 2 aromatic carbocycles. The number of aliphatic carboxylic acids is 1. The van der Waals surface area contributed by atoms with Crippen LogP contribution in [0.5, 0.6) is 0 Å². The number of carboxylic acids is 1. The molecule has 0 spiro atoms. The number of carboxylic acid groups (broad SMARTS) is 1. The summed E-state index contributed by atoms with van der Waals surface area (Å²) in [5.74, 6) is -8.71. The maximum atomic E-state index is 13.2. The lowest BCUT2D eigenvalue weighted by Gasteiger charge is -2.25. The van der Waals surface area contributed by atoms with E-state index in [1.807, 2.05) is 41.7 Å². The molecule has 0 fully saturated rings. The largest absolute Gasteiger partial charge is 0.481 e. The maximum Gasteiger partial charge on any atom is 0.407 e. The average Bonchev–Trinajstić information content (AvgIpc) is 3.04. The Morgan fingerprint density at radius 2 is 1.42 bits per heavy atom. The molecule has 33 heavy (non-hydrogen) atoms. The first-order chi connectivity index (χ1) is 15.4. The molecule has 0 saturated carbocycles. The standard InChI is InChI=1S/C22H19F6NO4/c23-21(24,25)12(9-18(19(30)31)22(26,27)28)10-29-20(32)33-11-17-15-7-3-1-5-13(15)14-6-2-4-8-16(14)17/h1-8,12,17-18H,9-11H2,(H,29,32)(H,30,31). The number of rotatable bonds is 7. The first-order valence-electron chi connectivity index (χ1n) is 9.84. The molecule has 3 rings (SSSR count). The number of hydrogen-bond acceptors (Lipinski definition) is 3. The molecule has 0 aromatic heterocycles. The zero-order valence-electron chi connectivity index (χ0n) is 16.9. The Balaban J connectivity index is 1.64. The van der Waals surface area contributed by atoms with Gasteiger partial charge in [-0.3, -0.25) is 4.79 Å². The number of fused-ring (bicyclic) bond motifs is 3. The summed E-state index contributed by atoms with van der Waals surface area (Å²) in [7, 11) is 0. The van der Waals surface area contributed by atoms with Crippen molar-refractivity contribution < 1.29 is 45.8 Å². The quantitative estimate of drug-likeness (QED) is 0.529. The number of alkyl carbamates (subject to hydrolysis) is 1. The van der Waals surface area contributed by atoms with Gasteiger partial charge in [0.25, 0.3) is 0 Å². The Hall–Kier alpha value is -3.24. The highest BCUT2D eigenvalue weighted by Crippen LogP contribution is 2.44. The number of carbonyl (C=O) groups is 2. The summed E-state index contributed by atoms with van der Waals surface area (Å²) >= 11 is 0. The van der Waals surface area contributed by atoms with Crippen molar-refractivity contribution in [3.05, 3.63) is 59.7 Å². The molecular weight excluding hydrogens is 456 g/mol. The molecule has 1 aliphatic rings. The van der Waals surface area contributed by atoms with Crippen LogP contribution in [0.15, 0.2) is 48.5 Å². The topological polar surface area (TPSA) is 75.6 Å². The molecule has 5 nitrogen and oxygen atoms in total. The normalized spacial score (nSPS) is 15.3. The zero-order valence-corrected chi connectivity index (χ0v) is 16.9. The number of carbonyl (C=O) groups excluding carboxylic acids is 1. The van der Waals surface area contributed by atoms with E-state index in [9.17, 15) is 35.9 Å². The van der Waals surface area contributed by atoms with Gasteiger partial charge in [0, 0.05) is 12.5 Å². The van der Waals surface area contributed by atoms with Crippen molar-refractivity contribution in [1.82, 2.24) is 5.32 Å². The minimum atomic E-state index is -5.36. The number of benzene rings is 2. The van der Waals surface area contributed by atoms with Crippen molar-refractivity contribution in [3.63, 3.8) is 0 Å². The minimum absolute atomic E-state index is 0.198. The lowest BCUT2D eigenvalue weighted by atomic mass is 9.93. The summed E-state index contributed by atoms with van der Waals surface area (Å²) in [5, 5.41) is 10.5. The summed E-state index contributed by atoms with van der Waals surface area (Å²) in [5.41, 5.74) is 3.61. The molecule has 2 unspecified atom stereocenters. The van der Waals surface area contributed by atoms with Crippen LogP contribution in [0.4, 0.5) is 31.1 Å². The smallest absolute Gasteiger partial charge is 0.407 e. The Bertz CT molecular complexity index is 975. The van der Waals surface area contributed by atoms with E-state index in [4.69, 9.17) is 9.84 Å². The molecule has 2 atom stereocenters. The Labute approximate surface area is 184 Å². The number of alkyl halides is 6. The van der Waals surface area contributed by atoms with Crippen LogP contribution < -0.4 is 5.32 Å². The van der Waals surface area contributed by atoms with E-state index >= 15 is 0 Å². The monoisotopic (exact) mass is 475 g/mol. The fourth-order valence-corrected chi connectivity index (χ4v) is 3.85. The van der Waals surface area contributed by atoms with Gasteiger partial charge in [-0.25, -0.2) is 4.79 Å². The van der Waals surface area contributed by atoms with E-state index < -0.39 is 49.2 Å². The fraction of sp³-hybridized carbons (Fsp3) is 0.364. The lowest BCUT2D eigenvalue weighted by molar-refractivity contribution is -0.215. The van der Waals surface area contributed by atoms with Gasteiger partial charge in [0.2, 0.25) is 0 Å². The molecule has 1 aliphatic carbocycles. The van der Waals surface area contributed by atoms with Gasteiger partial charge in [0.05, 0.1) is 5.92 Å². The van der Waals surface area contributed by atoms with Gasteiger partial charge < -0.3 is 15.2 Å². The molecule has 0 aliphatic heterocycles. The summed E-state index contributed by atoms with van der Waals surface area (Å²) in [6.45, 7) is -1.45. The predicted molar refractivity (Wildman–Crippen MR) is 104 cm³/mol. The van der Waals surface area contributed by atoms with E-state index in [-0.39, 0.29) is 12.5 Å². The minimum Gasteiger partial charge on any atom is -0.481 e. The van der Waals surface area contributed by atoms with E-state index in [1.165, 1.54) is 0 Å². The second kappa shape index (κ2) is 9.32. The van der Waals surface area contributed by atoms with Gasteiger partial charge in [-0.2, -0.15) is 26.3 Å². The van der Waals surface area contributed by atoms with Crippen molar-refractivity contribution in [1.29, 1.82) is 0 Å². The Morgan fingerprint density at radius 3 is 1.88 bits per heavy atom. The van der Waals surface area contributed by atoms with Crippen molar-refractivity contribution in [3.8, 4) is 11.1 Å². The van der Waals surface area contributed by atoms with Crippen LogP contribution in [0.3, 0.4) is 0 Å². The van der Waals surface area contributed by atoms with Gasteiger partial charge in [0.1, 0.15) is 6.61 Å². The molecule has 2 aromatic rings. The second-order valence-electron chi connectivity index (χ2n) is 7.61. The maximum absolute atomic E-state index is 13.2. The molecule has 1 amide bonds. The molecule has 11 heteroatoms. The van der Waals surface area contributed by atoms with Crippen molar-refractivity contribution in [2.24, 2.45) is 11.8 Å². The van der Waals surface area contributed by atoms with E-state index in [0.29, 0.717) is 0 Å². The van der Waals surface area contributed by atoms with E-state index in [0.717, 1.165) is 22.3 Å². The number of hydrogen-bond donors (Lipinski definition) is 2. The van der Waals surface area contributed by atoms with Crippen LogP contribution in [0.25, 0.3) is 11.1 Å². The predicted octanol–water partition coefficient (Wildman–Crippen LogP) is 5.36. The molecule has 0 heterocycles. The fourth-order valence-electron chi connectivity index (χ4n) is 3.85. The van der Waals surface area contributed by atoms with Crippen LogP contribution in [0.1, 0.15) is 23.5 Å². The van der Waals surface area contributed by atoms with Crippen LogP contribution in [-0.4, -0.2) is 42.7 Å². The van der Waals surface area contributed by atoms with E-state index in [2.05, 4.69) is 0 Å². The van der Waals surface area contributed by atoms with Crippen LogP contribution in [-0.2, 0) is 9.53 Å². The van der Waals surface area contributed by atoms with Crippen LogP contribution >= 0.6 is 0 Å². The average molecular weight is 475 g/mol. The second-order valence-corrected chi connectivity index (χ2v) is 7.61. The van der Waals surface area contributed by atoms with Gasteiger partial charge >= 0.3 is 24.4 Å². The molecular formula is C22H19F6NO4. The van der Waals surface area contributed by atoms with Crippen molar-refractivity contribution in [2.45, 2.75) is 24.7 Å². The summed E-state index contributed by atoms with van der Waals surface area (Å²) in [6, 6.07) is 14.7. The third-order valence-electron chi connectivity index (χ3n) is 5.51. The van der Waals surface area contributed by atoms with Gasteiger partial charge in [-0.1, -0.05) is 48.5 Å². The third kappa shape index (κ3) is 5.58. The molecule has 0 saturated heterocycles. The number of amides is 1. The molecule has 2 N–H and O–H groups in total. The van der Waals surface area contributed by atoms with Crippen LogP contribution in [0, 0.1) is 11.8 Å². The first-order valence-corrected chi connectivity index (χ1v) is 9.84. The number of halogens is 6. The van der Waals surface area contributed by atoms with Gasteiger partial charge in [-0.05, 0) is 28.7 Å².